The highest BCUT2D eigenvalue weighted by Crippen LogP contribution is 2.22. The van der Waals surface area contributed by atoms with Crippen molar-refractivity contribution >= 4 is 10.0 Å². The number of rotatable bonds is 4. The van der Waals surface area contributed by atoms with Crippen molar-refractivity contribution in [3.05, 3.63) is 65.2 Å². The number of nitrogens with zero attached hydrogens (tertiary/aromatic N) is 2. The molecule has 4 nitrogen and oxygen atoms in total. The fourth-order valence-corrected chi connectivity index (χ4v) is 4.83. The molecule has 1 fully saturated rings. The summed E-state index contributed by atoms with van der Waals surface area (Å²) >= 11 is 0. The molecule has 128 valence electrons. The molecule has 1 aliphatic heterocycles. The van der Waals surface area contributed by atoms with E-state index < -0.39 is 10.0 Å². The summed E-state index contributed by atoms with van der Waals surface area (Å²) in [7, 11) is -3.40. The molecular formula is C19H24N2O2S. The Balaban J connectivity index is 1.67. The highest BCUT2D eigenvalue weighted by Gasteiger charge is 2.29. The molecule has 0 N–H and O–H groups in total. The van der Waals surface area contributed by atoms with Crippen LogP contribution >= 0.6 is 0 Å². The fourth-order valence-electron chi connectivity index (χ4n) is 3.20. The lowest BCUT2D eigenvalue weighted by molar-refractivity contribution is 0.181. The van der Waals surface area contributed by atoms with E-state index in [0.29, 0.717) is 18.0 Å². The van der Waals surface area contributed by atoms with Gasteiger partial charge in [-0.1, -0.05) is 48.0 Å². The van der Waals surface area contributed by atoms with Crippen molar-refractivity contribution in [2.45, 2.75) is 25.3 Å². The van der Waals surface area contributed by atoms with Crippen LogP contribution in [-0.2, 0) is 16.6 Å². The Hall–Kier alpha value is -1.69. The second-order valence-electron chi connectivity index (χ2n) is 6.43. The van der Waals surface area contributed by atoms with Crippen LogP contribution in [0, 0.1) is 13.8 Å². The van der Waals surface area contributed by atoms with Crippen LogP contribution in [0.25, 0.3) is 0 Å². The molecule has 0 unspecified atom stereocenters. The zero-order chi connectivity index (χ0) is 17.2. The molecule has 1 heterocycles. The maximum absolute atomic E-state index is 12.9. The first-order valence-corrected chi connectivity index (χ1v) is 9.74. The molecule has 1 aliphatic rings. The van der Waals surface area contributed by atoms with Crippen molar-refractivity contribution in [3.8, 4) is 0 Å². The van der Waals surface area contributed by atoms with Gasteiger partial charge in [0.1, 0.15) is 0 Å². The van der Waals surface area contributed by atoms with Crippen LogP contribution in [0.3, 0.4) is 0 Å². The molecule has 0 saturated carbocycles. The Morgan fingerprint density at radius 1 is 0.917 bits per heavy atom. The van der Waals surface area contributed by atoms with Crippen molar-refractivity contribution in [1.29, 1.82) is 0 Å². The molecule has 0 amide bonds. The minimum absolute atomic E-state index is 0.435. The van der Waals surface area contributed by atoms with Crippen LogP contribution in [0.4, 0.5) is 0 Å². The predicted octanol–water partition coefficient (Wildman–Crippen LogP) is 2.81. The topological polar surface area (TPSA) is 40.6 Å². The van der Waals surface area contributed by atoms with E-state index in [2.05, 4.69) is 17.0 Å². The molecular weight excluding hydrogens is 320 g/mol. The summed E-state index contributed by atoms with van der Waals surface area (Å²) < 4.78 is 27.4. The Morgan fingerprint density at radius 2 is 1.58 bits per heavy atom. The highest BCUT2D eigenvalue weighted by molar-refractivity contribution is 7.89. The first-order chi connectivity index (χ1) is 11.5. The molecule has 0 atom stereocenters. The van der Waals surface area contributed by atoms with Gasteiger partial charge in [0.2, 0.25) is 10.0 Å². The standard InChI is InChI=1S/C19H24N2O2S/c1-16-8-9-19(17(2)14-16)24(22,23)21-12-10-20(11-13-21)15-18-6-4-3-5-7-18/h3-9,14H,10-13,15H2,1-2H3. The van der Waals surface area contributed by atoms with E-state index in [9.17, 15) is 8.42 Å². The van der Waals surface area contributed by atoms with E-state index in [1.54, 1.807) is 10.4 Å². The smallest absolute Gasteiger partial charge is 0.243 e. The van der Waals surface area contributed by atoms with Crippen molar-refractivity contribution < 1.29 is 8.42 Å². The number of piperazine rings is 1. The van der Waals surface area contributed by atoms with Gasteiger partial charge in [-0.3, -0.25) is 4.90 Å². The van der Waals surface area contributed by atoms with E-state index in [4.69, 9.17) is 0 Å². The lowest BCUT2D eigenvalue weighted by atomic mass is 10.2. The summed E-state index contributed by atoms with van der Waals surface area (Å²) in [5.41, 5.74) is 3.17. The summed E-state index contributed by atoms with van der Waals surface area (Å²) in [6.45, 7) is 7.33. The lowest BCUT2D eigenvalue weighted by Crippen LogP contribution is -2.48. The lowest BCUT2D eigenvalue weighted by Gasteiger charge is -2.34. The van der Waals surface area contributed by atoms with Gasteiger partial charge in [-0.05, 0) is 31.0 Å². The first-order valence-electron chi connectivity index (χ1n) is 8.30. The number of hydrogen-bond acceptors (Lipinski definition) is 3. The van der Waals surface area contributed by atoms with Crippen LogP contribution < -0.4 is 0 Å². The van der Waals surface area contributed by atoms with Gasteiger partial charge in [0.15, 0.2) is 0 Å². The highest BCUT2D eigenvalue weighted by atomic mass is 32.2. The molecule has 5 heteroatoms. The average Bonchev–Trinajstić information content (AvgIpc) is 2.56. The van der Waals surface area contributed by atoms with Gasteiger partial charge in [-0.15, -0.1) is 0 Å². The Kier molecular flexibility index (Phi) is 5.04. The van der Waals surface area contributed by atoms with E-state index in [1.165, 1.54) is 5.56 Å². The predicted molar refractivity (Wildman–Crippen MR) is 96.4 cm³/mol. The quantitative estimate of drug-likeness (QED) is 0.856. The van der Waals surface area contributed by atoms with Crippen LogP contribution in [-0.4, -0.2) is 43.8 Å². The maximum atomic E-state index is 12.9. The third kappa shape index (κ3) is 3.69. The molecule has 0 bridgehead atoms. The Morgan fingerprint density at radius 3 is 2.21 bits per heavy atom. The second-order valence-corrected chi connectivity index (χ2v) is 8.34. The number of benzene rings is 2. The Bertz CT molecular complexity index is 795. The van der Waals surface area contributed by atoms with Gasteiger partial charge in [-0.25, -0.2) is 8.42 Å². The number of hydrogen-bond donors (Lipinski definition) is 0. The largest absolute Gasteiger partial charge is 0.296 e. The van der Waals surface area contributed by atoms with Crippen molar-refractivity contribution in [1.82, 2.24) is 9.21 Å². The van der Waals surface area contributed by atoms with Gasteiger partial charge in [0, 0.05) is 32.7 Å². The van der Waals surface area contributed by atoms with E-state index >= 15 is 0 Å². The van der Waals surface area contributed by atoms with E-state index in [1.807, 2.05) is 44.2 Å². The number of aryl methyl sites for hydroxylation is 2. The van der Waals surface area contributed by atoms with Gasteiger partial charge >= 0.3 is 0 Å². The van der Waals surface area contributed by atoms with Crippen molar-refractivity contribution in [2.75, 3.05) is 26.2 Å². The summed E-state index contributed by atoms with van der Waals surface area (Å²) in [5.74, 6) is 0. The summed E-state index contributed by atoms with van der Waals surface area (Å²) in [6.07, 6.45) is 0. The molecule has 2 aromatic rings. The van der Waals surface area contributed by atoms with Crippen LogP contribution in [0.1, 0.15) is 16.7 Å². The molecule has 2 aromatic carbocycles. The first kappa shape index (κ1) is 17.1. The second kappa shape index (κ2) is 7.05. The van der Waals surface area contributed by atoms with Gasteiger partial charge in [-0.2, -0.15) is 4.31 Å². The monoisotopic (exact) mass is 344 g/mol. The summed E-state index contributed by atoms with van der Waals surface area (Å²) in [4.78, 5) is 2.74. The van der Waals surface area contributed by atoms with E-state index in [-0.39, 0.29) is 0 Å². The molecule has 24 heavy (non-hydrogen) atoms. The molecule has 0 aromatic heterocycles. The molecule has 0 radical (unpaired) electrons. The zero-order valence-corrected chi connectivity index (χ0v) is 15.1. The molecule has 3 rings (SSSR count). The third-order valence-corrected chi connectivity index (χ3v) is 6.59. The molecule has 0 spiro atoms. The maximum Gasteiger partial charge on any atom is 0.243 e. The normalized spacial score (nSPS) is 17.1. The summed E-state index contributed by atoms with van der Waals surface area (Å²) in [6, 6.07) is 15.8. The van der Waals surface area contributed by atoms with Crippen LogP contribution in [0.15, 0.2) is 53.4 Å². The van der Waals surface area contributed by atoms with Crippen LogP contribution in [0.5, 0.6) is 0 Å². The van der Waals surface area contributed by atoms with Gasteiger partial charge < -0.3 is 0 Å². The minimum Gasteiger partial charge on any atom is -0.296 e. The Labute approximate surface area is 144 Å². The van der Waals surface area contributed by atoms with Crippen molar-refractivity contribution in [3.63, 3.8) is 0 Å². The number of sulfonamides is 1. The molecule has 1 saturated heterocycles. The van der Waals surface area contributed by atoms with Crippen molar-refractivity contribution in [2.24, 2.45) is 0 Å². The minimum atomic E-state index is -3.40. The van der Waals surface area contributed by atoms with Crippen LogP contribution in [0.2, 0.25) is 0 Å². The summed E-state index contributed by atoms with van der Waals surface area (Å²) in [5, 5.41) is 0. The zero-order valence-electron chi connectivity index (χ0n) is 14.3. The van der Waals surface area contributed by atoms with E-state index in [0.717, 1.165) is 30.8 Å². The average molecular weight is 344 g/mol. The van der Waals surface area contributed by atoms with Gasteiger partial charge in [0.05, 0.1) is 4.90 Å². The van der Waals surface area contributed by atoms with Gasteiger partial charge in [0.25, 0.3) is 0 Å². The third-order valence-electron chi connectivity index (χ3n) is 4.53. The molecule has 0 aliphatic carbocycles. The SMILES string of the molecule is Cc1ccc(S(=O)(=O)N2CCN(Cc3ccccc3)CC2)c(C)c1. The fraction of sp³-hybridized carbons (Fsp3) is 0.368.